The number of amides is 1. The molecule has 0 saturated heterocycles. The standard InChI is InChI=1S/C17H16N4O4S/c1-11-15(16(23)18-9-12-4-3-6-20(24)10-12)26-17(19-11)21-7-5-13(25-2)8-14(21)22/h3-8,10H,9H2,1-2H3,(H,18,23). The molecular formula is C17H16N4O4S. The molecule has 0 saturated carbocycles. The maximum Gasteiger partial charge on any atom is 0.263 e. The number of aryl methyl sites for hydroxylation is 1. The Kier molecular flexibility index (Phi) is 4.99. The summed E-state index contributed by atoms with van der Waals surface area (Å²) in [5.41, 5.74) is 0.913. The molecule has 3 rings (SSSR count). The Morgan fingerprint density at radius 3 is 2.96 bits per heavy atom. The zero-order valence-corrected chi connectivity index (χ0v) is 14.9. The molecule has 0 aliphatic carbocycles. The van der Waals surface area contributed by atoms with Crippen molar-refractivity contribution in [3.63, 3.8) is 0 Å². The second-order valence-electron chi connectivity index (χ2n) is 5.44. The van der Waals surface area contributed by atoms with Gasteiger partial charge in [0.25, 0.3) is 11.5 Å². The fourth-order valence-corrected chi connectivity index (χ4v) is 3.28. The van der Waals surface area contributed by atoms with Gasteiger partial charge in [-0.25, -0.2) is 4.98 Å². The third-order valence-corrected chi connectivity index (χ3v) is 4.77. The lowest BCUT2D eigenvalue weighted by atomic mass is 10.3. The van der Waals surface area contributed by atoms with E-state index in [2.05, 4.69) is 10.3 Å². The van der Waals surface area contributed by atoms with Crippen LogP contribution in [0.25, 0.3) is 5.13 Å². The zero-order chi connectivity index (χ0) is 18.7. The number of methoxy groups -OCH3 is 1. The molecule has 0 atom stereocenters. The quantitative estimate of drug-likeness (QED) is 0.535. The highest BCUT2D eigenvalue weighted by atomic mass is 32.1. The van der Waals surface area contributed by atoms with E-state index < -0.39 is 0 Å². The minimum Gasteiger partial charge on any atom is -0.619 e. The highest BCUT2D eigenvalue weighted by Gasteiger charge is 2.17. The van der Waals surface area contributed by atoms with Gasteiger partial charge in [0.2, 0.25) is 0 Å². The number of nitrogens with zero attached hydrogens (tertiary/aromatic N) is 3. The number of nitrogens with one attached hydrogen (secondary N) is 1. The van der Waals surface area contributed by atoms with Crippen LogP contribution in [-0.2, 0) is 6.54 Å². The van der Waals surface area contributed by atoms with E-state index in [1.165, 1.54) is 30.1 Å². The molecule has 3 aromatic rings. The Morgan fingerprint density at radius 2 is 2.27 bits per heavy atom. The molecule has 26 heavy (non-hydrogen) atoms. The van der Waals surface area contributed by atoms with Crippen LogP contribution in [0.2, 0.25) is 0 Å². The van der Waals surface area contributed by atoms with Crippen LogP contribution in [0.4, 0.5) is 0 Å². The zero-order valence-electron chi connectivity index (χ0n) is 14.1. The van der Waals surface area contributed by atoms with Crippen LogP contribution >= 0.6 is 11.3 Å². The molecule has 9 heteroatoms. The molecule has 0 aromatic carbocycles. The molecule has 3 heterocycles. The smallest absolute Gasteiger partial charge is 0.263 e. The molecule has 0 aliphatic heterocycles. The van der Waals surface area contributed by atoms with E-state index in [0.717, 1.165) is 11.3 Å². The van der Waals surface area contributed by atoms with Crippen molar-refractivity contribution in [2.24, 2.45) is 0 Å². The predicted octanol–water partition coefficient (Wildman–Crippen LogP) is 1.17. The lowest BCUT2D eigenvalue weighted by Gasteiger charge is -2.04. The van der Waals surface area contributed by atoms with Crippen molar-refractivity contribution >= 4 is 17.2 Å². The molecule has 8 nitrogen and oxygen atoms in total. The van der Waals surface area contributed by atoms with Gasteiger partial charge in [-0.15, -0.1) is 0 Å². The van der Waals surface area contributed by atoms with E-state index in [1.807, 2.05) is 0 Å². The number of ether oxygens (including phenoxy) is 1. The summed E-state index contributed by atoms with van der Waals surface area (Å²) < 4.78 is 7.05. The van der Waals surface area contributed by atoms with Gasteiger partial charge in [-0.3, -0.25) is 14.2 Å². The van der Waals surface area contributed by atoms with Crippen molar-refractivity contribution in [1.29, 1.82) is 0 Å². The van der Waals surface area contributed by atoms with Crippen LogP contribution in [0.1, 0.15) is 20.9 Å². The molecule has 3 aromatic heterocycles. The number of aromatic nitrogens is 3. The SMILES string of the molecule is COc1ccn(-c2nc(C)c(C(=O)NCc3ccc[n+]([O-])c3)s2)c(=O)c1. The highest BCUT2D eigenvalue weighted by molar-refractivity contribution is 7.16. The summed E-state index contributed by atoms with van der Waals surface area (Å²) in [6.07, 6.45) is 4.32. The van der Waals surface area contributed by atoms with Crippen LogP contribution in [0, 0.1) is 12.1 Å². The first-order valence-corrected chi connectivity index (χ1v) is 8.50. The minimum atomic E-state index is -0.311. The van der Waals surface area contributed by atoms with E-state index in [-0.39, 0.29) is 18.0 Å². The van der Waals surface area contributed by atoms with Gasteiger partial charge in [-0.05, 0) is 19.1 Å². The van der Waals surface area contributed by atoms with Crippen LogP contribution in [0.3, 0.4) is 0 Å². The lowest BCUT2D eigenvalue weighted by Crippen LogP contribution is -2.28. The monoisotopic (exact) mass is 372 g/mol. The molecular weight excluding hydrogens is 356 g/mol. The first kappa shape index (κ1) is 17.6. The van der Waals surface area contributed by atoms with Gasteiger partial charge in [-0.1, -0.05) is 11.3 Å². The van der Waals surface area contributed by atoms with Crippen molar-refractivity contribution in [2.75, 3.05) is 7.11 Å². The lowest BCUT2D eigenvalue weighted by molar-refractivity contribution is -0.605. The van der Waals surface area contributed by atoms with Gasteiger partial charge in [0.05, 0.1) is 12.8 Å². The van der Waals surface area contributed by atoms with Gasteiger partial charge in [-0.2, -0.15) is 4.73 Å². The van der Waals surface area contributed by atoms with E-state index in [1.54, 1.807) is 31.3 Å². The fraction of sp³-hybridized carbons (Fsp3) is 0.176. The molecule has 1 amide bonds. The number of hydrogen-bond donors (Lipinski definition) is 1. The van der Waals surface area contributed by atoms with Crippen molar-refractivity contribution in [3.05, 3.63) is 74.6 Å². The molecule has 0 unspecified atom stereocenters. The van der Waals surface area contributed by atoms with E-state index in [9.17, 15) is 14.8 Å². The van der Waals surface area contributed by atoms with E-state index in [0.29, 0.717) is 31.7 Å². The molecule has 0 spiro atoms. The third kappa shape index (κ3) is 3.72. The average molecular weight is 372 g/mol. The highest BCUT2D eigenvalue weighted by Crippen LogP contribution is 2.21. The summed E-state index contributed by atoms with van der Waals surface area (Å²) in [5, 5.41) is 14.4. The van der Waals surface area contributed by atoms with Crippen molar-refractivity contribution in [3.8, 4) is 10.9 Å². The maximum absolute atomic E-state index is 12.4. The summed E-state index contributed by atoms with van der Waals surface area (Å²) in [6, 6.07) is 6.35. The Hall–Kier alpha value is -3.20. The summed E-state index contributed by atoms with van der Waals surface area (Å²) >= 11 is 1.12. The van der Waals surface area contributed by atoms with Crippen LogP contribution in [0.5, 0.6) is 5.75 Å². The summed E-state index contributed by atoms with van der Waals surface area (Å²) in [6.45, 7) is 1.93. The predicted molar refractivity (Wildman–Crippen MR) is 95.6 cm³/mol. The number of pyridine rings is 2. The van der Waals surface area contributed by atoms with E-state index >= 15 is 0 Å². The Bertz CT molecular complexity index is 1010. The third-order valence-electron chi connectivity index (χ3n) is 3.61. The average Bonchev–Trinajstić information content (AvgIpc) is 3.01. The Labute approximate surface area is 152 Å². The molecule has 0 bridgehead atoms. The second kappa shape index (κ2) is 7.36. The first-order valence-electron chi connectivity index (χ1n) is 7.68. The van der Waals surface area contributed by atoms with Gasteiger partial charge in [0.15, 0.2) is 17.5 Å². The Morgan fingerprint density at radius 1 is 1.46 bits per heavy atom. The van der Waals surface area contributed by atoms with Crippen molar-refractivity contribution in [1.82, 2.24) is 14.9 Å². The van der Waals surface area contributed by atoms with Crippen LogP contribution < -0.4 is 20.3 Å². The largest absolute Gasteiger partial charge is 0.619 e. The minimum absolute atomic E-state index is 0.219. The van der Waals surface area contributed by atoms with Gasteiger partial charge in [0, 0.05) is 30.4 Å². The number of carbonyl (C=O) groups is 1. The van der Waals surface area contributed by atoms with Crippen molar-refractivity contribution < 1.29 is 14.3 Å². The normalized spacial score (nSPS) is 10.5. The number of hydrogen-bond acceptors (Lipinski definition) is 6. The maximum atomic E-state index is 12.4. The first-order chi connectivity index (χ1) is 12.5. The van der Waals surface area contributed by atoms with Crippen LogP contribution in [-0.4, -0.2) is 22.6 Å². The fourth-order valence-electron chi connectivity index (χ4n) is 2.31. The Balaban J connectivity index is 1.79. The summed E-state index contributed by atoms with van der Waals surface area (Å²) in [4.78, 5) is 29.3. The molecule has 0 aliphatic rings. The van der Waals surface area contributed by atoms with Gasteiger partial charge >= 0.3 is 0 Å². The van der Waals surface area contributed by atoms with Crippen LogP contribution in [0.15, 0.2) is 47.7 Å². The molecule has 0 radical (unpaired) electrons. The molecule has 1 N–H and O–H groups in total. The van der Waals surface area contributed by atoms with Gasteiger partial charge in [0.1, 0.15) is 10.6 Å². The number of rotatable bonds is 5. The number of thiazole rings is 1. The van der Waals surface area contributed by atoms with Gasteiger partial charge < -0.3 is 15.3 Å². The topological polar surface area (TPSA) is 100 Å². The van der Waals surface area contributed by atoms with Crippen molar-refractivity contribution in [2.45, 2.75) is 13.5 Å². The second-order valence-corrected chi connectivity index (χ2v) is 6.42. The summed E-state index contributed by atoms with van der Waals surface area (Å²) in [5.74, 6) is 0.144. The summed E-state index contributed by atoms with van der Waals surface area (Å²) in [7, 11) is 1.48. The van der Waals surface area contributed by atoms with E-state index in [4.69, 9.17) is 4.74 Å². The molecule has 0 fully saturated rings. The number of carbonyl (C=O) groups excluding carboxylic acids is 1. The molecule has 134 valence electrons.